The maximum Gasteiger partial charge on any atom is -0.0000929 e. The molecular formula is C60H38. The van der Waals surface area contributed by atoms with Gasteiger partial charge in [-0.05, 0) is 127 Å². The summed E-state index contributed by atoms with van der Waals surface area (Å²) < 4.78 is 0. The van der Waals surface area contributed by atoms with Crippen LogP contribution in [-0.4, -0.2) is 0 Å². The molecule has 0 saturated carbocycles. The fourth-order valence-corrected chi connectivity index (χ4v) is 10.1. The molecule has 0 heterocycles. The largest absolute Gasteiger partial charge is 0.0622 e. The van der Waals surface area contributed by atoms with Crippen LogP contribution in [0.2, 0.25) is 0 Å². The zero-order valence-corrected chi connectivity index (χ0v) is 32.9. The van der Waals surface area contributed by atoms with Gasteiger partial charge in [0.2, 0.25) is 0 Å². The minimum atomic E-state index is 1.19. The predicted molar refractivity (Wildman–Crippen MR) is 256 cm³/mol. The quantitative estimate of drug-likeness (QED) is 0.158. The first-order valence-corrected chi connectivity index (χ1v) is 20.9. The molecule has 60 heavy (non-hydrogen) atoms. The maximum atomic E-state index is 2.50. The van der Waals surface area contributed by atoms with Crippen LogP contribution in [-0.2, 0) is 0 Å². The Hall–Kier alpha value is -7.80. The molecule has 1 aliphatic carbocycles. The van der Waals surface area contributed by atoms with Crippen LogP contribution >= 0.6 is 0 Å². The molecule has 278 valence electrons. The van der Waals surface area contributed by atoms with Gasteiger partial charge in [0.15, 0.2) is 0 Å². The van der Waals surface area contributed by atoms with Crippen molar-refractivity contribution < 1.29 is 0 Å². The minimum absolute atomic E-state index is 1.19. The van der Waals surface area contributed by atoms with Crippen molar-refractivity contribution in [3.8, 4) is 89.0 Å². The number of hydrogen-bond donors (Lipinski definition) is 0. The van der Waals surface area contributed by atoms with E-state index in [1.54, 1.807) is 0 Å². The average molecular weight is 759 g/mol. The van der Waals surface area contributed by atoms with Crippen LogP contribution in [0.5, 0.6) is 0 Å². The Morgan fingerprint density at radius 3 is 1.33 bits per heavy atom. The third-order valence-electron chi connectivity index (χ3n) is 12.6. The molecule has 0 unspecified atom stereocenters. The van der Waals surface area contributed by atoms with Gasteiger partial charge >= 0.3 is 0 Å². The fourth-order valence-electron chi connectivity index (χ4n) is 10.1. The van der Waals surface area contributed by atoms with Crippen LogP contribution in [0.25, 0.3) is 121 Å². The van der Waals surface area contributed by atoms with E-state index in [1.165, 1.54) is 121 Å². The lowest BCUT2D eigenvalue weighted by atomic mass is 9.75. The number of hydrogen-bond acceptors (Lipinski definition) is 0. The normalized spacial score (nSPS) is 11.7. The van der Waals surface area contributed by atoms with Gasteiger partial charge in [0, 0.05) is 0 Å². The fraction of sp³-hybridized carbons (Fsp3) is 0. The standard InChI is InChI=1S/C60H38/c1-5-20-40(21-6-1)51-38-52-50-37-36-41-23-14-16-32-46(41)56(50)60-57(49-34-18-17-33-48(49)47-35-19-30-39-22-13-15-31-45(39)47)54(43-26-9-3-10-27-43)55(44-28-11-4-12-29-44)59(58(52)60)53(51)42-24-7-2-8-25-42/h1-38H. The molecule has 0 nitrogen and oxygen atoms in total. The molecular weight excluding hydrogens is 721 g/mol. The van der Waals surface area contributed by atoms with E-state index < -0.39 is 0 Å². The Morgan fingerprint density at radius 2 is 0.667 bits per heavy atom. The lowest BCUT2D eigenvalue weighted by Crippen LogP contribution is -1.99. The topological polar surface area (TPSA) is 0 Å². The van der Waals surface area contributed by atoms with Crippen LogP contribution in [0.4, 0.5) is 0 Å². The van der Waals surface area contributed by atoms with Crippen LogP contribution in [0.3, 0.4) is 0 Å². The Balaban J connectivity index is 1.39. The van der Waals surface area contributed by atoms with Gasteiger partial charge in [0.25, 0.3) is 0 Å². The van der Waals surface area contributed by atoms with E-state index in [2.05, 4.69) is 231 Å². The second-order valence-corrected chi connectivity index (χ2v) is 15.8. The number of rotatable bonds is 6. The molecule has 0 aliphatic heterocycles. The van der Waals surface area contributed by atoms with Gasteiger partial charge < -0.3 is 0 Å². The molecule has 0 saturated heterocycles. The van der Waals surface area contributed by atoms with Gasteiger partial charge in [0.05, 0.1) is 0 Å². The van der Waals surface area contributed by atoms with Crippen LogP contribution < -0.4 is 0 Å². The molecule has 0 spiro atoms. The monoisotopic (exact) mass is 758 g/mol. The van der Waals surface area contributed by atoms with Gasteiger partial charge in [-0.25, -0.2) is 0 Å². The average Bonchev–Trinajstić information content (AvgIpc) is 3.67. The van der Waals surface area contributed by atoms with E-state index in [-0.39, 0.29) is 0 Å². The van der Waals surface area contributed by atoms with E-state index in [9.17, 15) is 0 Å². The van der Waals surface area contributed by atoms with E-state index in [4.69, 9.17) is 0 Å². The van der Waals surface area contributed by atoms with Gasteiger partial charge in [-0.15, -0.1) is 0 Å². The highest BCUT2D eigenvalue weighted by Crippen LogP contribution is 2.62. The molecule has 0 amide bonds. The first kappa shape index (κ1) is 34.3. The lowest BCUT2D eigenvalue weighted by Gasteiger charge is -2.27. The lowest BCUT2D eigenvalue weighted by molar-refractivity contribution is 1.57. The van der Waals surface area contributed by atoms with Crippen LogP contribution in [0.15, 0.2) is 231 Å². The summed E-state index contributed by atoms with van der Waals surface area (Å²) in [6.45, 7) is 0. The molecule has 0 radical (unpaired) electrons. The zero-order valence-electron chi connectivity index (χ0n) is 32.9. The van der Waals surface area contributed by atoms with Crippen molar-refractivity contribution >= 4 is 32.3 Å². The predicted octanol–water partition coefficient (Wildman–Crippen LogP) is 16.8. The second kappa shape index (κ2) is 13.9. The van der Waals surface area contributed by atoms with Gasteiger partial charge in [-0.2, -0.15) is 0 Å². The smallest absolute Gasteiger partial charge is 0.0000929 e. The van der Waals surface area contributed by atoms with Gasteiger partial charge in [-0.3, -0.25) is 0 Å². The molecule has 0 heteroatoms. The first-order chi connectivity index (χ1) is 29.8. The summed E-state index contributed by atoms with van der Waals surface area (Å²) in [6, 6.07) is 85.2. The summed E-state index contributed by atoms with van der Waals surface area (Å²) in [5.74, 6) is 0. The van der Waals surface area contributed by atoms with E-state index in [0.29, 0.717) is 0 Å². The third-order valence-corrected chi connectivity index (χ3v) is 12.6. The highest BCUT2D eigenvalue weighted by Gasteiger charge is 2.35. The molecule has 0 aromatic heterocycles. The molecule has 0 fully saturated rings. The van der Waals surface area contributed by atoms with Crippen molar-refractivity contribution in [3.63, 3.8) is 0 Å². The van der Waals surface area contributed by atoms with E-state index >= 15 is 0 Å². The third kappa shape index (κ3) is 5.25. The Labute approximate surface area is 350 Å². The van der Waals surface area contributed by atoms with Crippen molar-refractivity contribution in [2.45, 2.75) is 0 Å². The summed E-state index contributed by atoms with van der Waals surface area (Å²) in [7, 11) is 0. The molecule has 0 atom stereocenters. The van der Waals surface area contributed by atoms with E-state index in [0.717, 1.165) is 0 Å². The Bertz CT molecular complexity index is 3430. The first-order valence-electron chi connectivity index (χ1n) is 20.9. The van der Waals surface area contributed by atoms with Crippen molar-refractivity contribution in [2.24, 2.45) is 0 Å². The highest BCUT2D eigenvalue weighted by atomic mass is 14.4. The molecule has 11 aromatic rings. The summed E-state index contributed by atoms with van der Waals surface area (Å²) in [5, 5.41) is 7.58. The summed E-state index contributed by atoms with van der Waals surface area (Å²) in [6.07, 6.45) is 0. The molecule has 12 rings (SSSR count). The second-order valence-electron chi connectivity index (χ2n) is 15.8. The van der Waals surface area contributed by atoms with Crippen molar-refractivity contribution in [2.75, 3.05) is 0 Å². The van der Waals surface area contributed by atoms with Crippen LogP contribution in [0, 0.1) is 0 Å². The zero-order chi connectivity index (χ0) is 39.6. The number of fused-ring (bicyclic) bond motifs is 6. The van der Waals surface area contributed by atoms with Crippen LogP contribution in [0.1, 0.15) is 0 Å². The number of benzene rings is 11. The van der Waals surface area contributed by atoms with Crippen molar-refractivity contribution in [1.82, 2.24) is 0 Å². The summed E-state index contributed by atoms with van der Waals surface area (Å²) >= 11 is 0. The SMILES string of the molecule is c1ccc(-c2cc3c4c(c(-c5ccccc5-c5cccc6ccccc56)c(-c5ccccc5)c(-c5ccccc5)c4c2-c2ccccc2)-c2c-3ccc3ccccc23)cc1. The van der Waals surface area contributed by atoms with Crippen molar-refractivity contribution in [1.29, 1.82) is 0 Å². The highest BCUT2D eigenvalue weighted by molar-refractivity contribution is 6.34. The van der Waals surface area contributed by atoms with E-state index in [1.807, 2.05) is 0 Å². The Morgan fingerprint density at radius 1 is 0.183 bits per heavy atom. The molecule has 1 aliphatic rings. The molecule has 0 N–H and O–H groups in total. The summed E-state index contributed by atoms with van der Waals surface area (Å²) in [4.78, 5) is 0. The minimum Gasteiger partial charge on any atom is -0.0622 e. The molecule has 11 aromatic carbocycles. The summed E-state index contributed by atoms with van der Waals surface area (Å²) in [5.41, 5.74) is 19.9. The van der Waals surface area contributed by atoms with Gasteiger partial charge in [-0.1, -0.05) is 224 Å². The Kier molecular flexibility index (Phi) is 7.96. The van der Waals surface area contributed by atoms with Gasteiger partial charge in [0.1, 0.15) is 0 Å². The maximum absolute atomic E-state index is 2.50. The molecule has 0 bridgehead atoms. The van der Waals surface area contributed by atoms with Crippen molar-refractivity contribution in [3.05, 3.63) is 231 Å².